The minimum atomic E-state index is -0.181. The smallest absolute Gasteiger partial charge is 0.146 e. The molecule has 0 amide bonds. The van der Waals surface area contributed by atoms with Crippen LogP contribution in [0, 0.1) is 5.82 Å². The van der Waals surface area contributed by atoms with Crippen LogP contribution in [0.5, 0.6) is 0 Å². The molecular weight excluding hydrogens is 357 g/mol. The highest BCUT2D eigenvalue weighted by molar-refractivity contribution is 5.61. The first-order chi connectivity index (χ1) is 13.7. The van der Waals surface area contributed by atoms with Crippen LogP contribution in [0.1, 0.15) is 11.1 Å². The largest absolute Gasteiger partial charge is 0.378 e. The Kier molecular flexibility index (Phi) is 5.64. The van der Waals surface area contributed by atoms with Crippen molar-refractivity contribution in [1.82, 2.24) is 20.1 Å². The lowest BCUT2D eigenvalue weighted by atomic mass is 10.1. The molecule has 146 valence electrons. The van der Waals surface area contributed by atoms with Crippen LogP contribution in [0.4, 0.5) is 10.1 Å². The molecule has 4 rings (SSSR count). The Morgan fingerprint density at radius 2 is 1.89 bits per heavy atom. The van der Waals surface area contributed by atoms with E-state index in [1.54, 1.807) is 18.5 Å². The van der Waals surface area contributed by atoms with Crippen LogP contribution < -0.4 is 10.2 Å². The zero-order valence-electron chi connectivity index (χ0n) is 15.9. The van der Waals surface area contributed by atoms with Gasteiger partial charge in [0, 0.05) is 62.9 Å². The first kappa shape index (κ1) is 18.6. The van der Waals surface area contributed by atoms with Gasteiger partial charge in [-0.3, -0.25) is 9.67 Å². The minimum absolute atomic E-state index is 0.181. The number of aryl methyl sites for hydroxylation is 1. The van der Waals surface area contributed by atoms with Gasteiger partial charge in [0.1, 0.15) is 5.82 Å². The zero-order chi connectivity index (χ0) is 19.3. The summed E-state index contributed by atoms with van der Waals surface area (Å²) in [7, 11) is 1.91. The molecule has 2 aromatic heterocycles. The first-order valence-electron chi connectivity index (χ1n) is 9.45. The van der Waals surface area contributed by atoms with Crippen LogP contribution in [-0.2, 0) is 24.9 Å². The Morgan fingerprint density at radius 3 is 2.64 bits per heavy atom. The molecule has 1 N–H and O–H groups in total. The lowest BCUT2D eigenvalue weighted by molar-refractivity contribution is 0.122. The molecule has 1 fully saturated rings. The fourth-order valence-electron chi connectivity index (χ4n) is 3.48. The van der Waals surface area contributed by atoms with Crippen molar-refractivity contribution in [2.24, 2.45) is 7.05 Å². The molecule has 0 atom stereocenters. The summed E-state index contributed by atoms with van der Waals surface area (Å²) in [6, 6.07) is 9.36. The van der Waals surface area contributed by atoms with E-state index >= 15 is 0 Å². The van der Waals surface area contributed by atoms with Gasteiger partial charge in [0.25, 0.3) is 0 Å². The maximum Gasteiger partial charge on any atom is 0.146 e. The van der Waals surface area contributed by atoms with Crippen molar-refractivity contribution in [2.45, 2.75) is 13.1 Å². The molecule has 3 aromatic rings. The highest BCUT2D eigenvalue weighted by Crippen LogP contribution is 2.23. The van der Waals surface area contributed by atoms with Crippen LogP contribution in [0.3, 0.4) is 0 Å². The summed E-state index contributed by atoms with van der Waals surface area (Å²) in [4.78, 5) is 6.10. The van der Waals surface area contributed by atoms with Crippen molar-refractivity contribution in [3.8, 4) is 11.3 Å². The van der Waals surface area contributed by atoms with Crippen molar-refractivity contribution in [3.63, 3.8) is 0 Å². The molecule has 1 aliphatic heterocycles. The van der Waals surface area contributed by atoms with Crippen LogP contribution in [-0.4, -0.2) is 41.1 Å². The predicted octanol–water partition coefficient (Wildman–Crippen LogP) is 2.75. The Balaban J connectivity index is 1.40. The predicted molar refractivity (Wildman–Crippen MR) is 106 cm³/mol. The number of anilines is 1. The number of rotatable bonds is 6. The number of halogens is 1. The third-order valence-electron chi connectivity index (χ3n) is 4.87. The van der Waals surface area contributed by atoms with E-state index in [-0.39, 0.29) is 5.82 Å². The standard InChI is InChI=1S/C21H24FN5O/c1-26-15-18(21(25-26)17-4-6-23-7-5-17)14-24-13-16-2-3-20(19(22)12-16)27-8-10-28-11-9-27/h2-7,12,15,24H,8-11,13-14H2,1H3. The van der Waals surface area contributed by atoms with Gasteiger partial charge in [0.2, 0.25) is 0 Å². The quantitative estimate of drug-likeness (QED) is 0.712. The summed E-state index contributed by atoms with van der Waals surface area (Å²) in [6.45, 7) is 3.99. The molecule has 0 aliphatic carbocycles. The summed E-state index contributed by atoms with van der Waals surface area (Å²) >= 11 is 0. The van der Waals surface area contributed by atoms with Gasteiger partial charge in [0.05, 0.1) is 24.6 Å². The van der Waals surface area contributed by atoms with Crippen molar-refractivity contribution in [3.05, 3.63) is 65.9 Å². The Bertz CT molecular complexity index is 922. The van der Waals surface area contributed by atoms with E-state index in [1.807, 2.05) is 47.1 Å². The van der Waals surface area contributed by atoms with Gasteiger partial charge in [-0.05, 0) is 29.8 Å². The van der Waals surface area contributed by atoms with Crippen molar-refractivity contribution < 1.29 is 9.13 Å². The minimum Gasteiger partial charge on any atom is -0.378 e. The number of pyridine rings is 1. The van der Waals surface area contributed by atoms with Crippen LogP contribution in [0.25, 0.3) is 11.3 Å². The topological polar surface area (TPSA) is 55.2 Å². The van der Waals surface area contributed by atoms with E-state index in [2.05, 4.69) is 15.4 Å². The lowest BCUT2D eigenvalue weighted by Gasteiger charge is -2.29. The van der Waals surface area contributed by atoms with Gasteiger partial charge >= 0.3 is 0 Å². The molecule has 1 aromatic carbocycles. The highest BCUT2D eigenvalue weighted by atomic mass is 19.1. The van der Waals surface area contributed by atoms with E-state index in [1.165, 1.54) is 0 Å². The molecule has 0 unspecified atom stereocenters. The molecule has 1 aliphatic rings. The molecule has 0 bridgehead atoms. The van der Waals surface area contributed by atoms with Gasteiger partial charge in [-0.2, -0.15) is 5.10 Å². The van der Waals surface area contributed by atoms with Gasteiger partial charge in [0.15, 0.2) is 0 Å². The number of hydrogen-bond donors (Lipinski definition) is 1. The van der Waals surface area contributed by atoms with Gasteiger partial charge in [-0.25, -0.2) is 4.39 Å². The summed E-state index contributed by atoms with van der Waals surface area (Å²) in [5.74, 6) is -0.181. The second kappa shape index (κ2) is 8.50. The first-order valence-corrected chi connectivity index (χ1v) is 9.45. The van der Waals surface area contributed by atoms with Crippen molar-refractivity contribution in [2.75, 3.05) is 31.2 Å². The zero-order valence-corrected chi connectivity index (χ0v) is 15.9. The van der Waals surface area contributed by atoms with Crippen LogP contribution in [0.2, 0.25) is 0 Å². The lowest BCUT2D eigenvalue weighted by Crippen LogP contribution is -2.36. The van der Waals surface area contributed by atoms with E-state index in [9.17, 15) is 4.39 Å². The maximum absolute atomic E-state index is 14.5. The van der Waals surface area contributed by atoms with E-state index in [4.69, 9.17) is 4.74 Å². The molecular formula is C21H24FN5O. The van der Waals surface area contributed by atoms with Crippen LogP contribution in [0.15, 0.2) is 48.9 Å². The fourth-order valence-corrected chi connectivity index (χ4v) is 3.48. The van der Waals surface area contributed by atoms with Gasteiger partial charge in [-0.1, -0.05) is 6.07 Å². The SMILES string of the molecule is Cn1cc(CNCc2ccc(N3CCOCC3)c(F)c2)c(-c2ccncc2)n1. The second-order valence-electron chi connectivity index (χ2n) is 6.90. The fraction of sp³-hybridized carbons (Fsp3) is 0.333. The number of benzene rings is 1. The average Bonchev–Trinajstić information content (AvgIpc) is 3.10. The second-order valence-corrected chi connectivity index (χ2v) is 6.90. The Labute approximate surface area is 164 Å². The third kappa shape index (κ3) is 4.21. The summed E-state index contributed by atoms with van der Waals surface area (Å²) < 4.78 is 21.7. The monoisotopic (exact) mass is 381 g/mol. The summed E-state index contributed by atoms with van der Waals surface area (Å²) in [5, 5.41) is 7.96. The van der Waals surface area contributed by atoms with Crippen molar-refractivity contribution in [1.29, 1.82) is 0 Å². The highest BCUT2D eigenvalue weighted by Gasteiger charge is 2.15. The molecule has 0 spiro atoms. The number of ether oxygens (including phenoxy) is 1. The Hall–Kier alpha value is -2.77. The van der Waals surface area contributed by atoms with E-state index in [0.29, 0.717) is 32.0 Å². The summed E-state index contributed by atoms with van der Waals surface area (Å²) in [5.41, 5.74) is 4.64. The maximum atomic E-state index is 14.5. The van der Waals surface area contributed by atoms with Crippen molar-refractivity contribution >= 4 is 5.69 Å². The third-order valence-corrected chi connectivity index (χ3v) is 4.87. The normalized spacial score (nSPS) is 14.4. The van der Waals surface area contributed by atoms with E-state index < -0.39 is 0 Å². The molecule has 1 saturated heterocycles. The molecule has 3 heterocycles. The molecule has 0 radical (unpaired) electrons. The average molecular weight is 381 g/mol. The molecule has 28 heavy (non-hydrogen) atoms. The Morgan fingerprint density at radius 1 is 1.11 bits per heavy atom. The number of hydrogen-bond acceptors (Lipinski definition) is 5. The van der Waals surface area contributed by atoms with Gasteiger partial charge < -0.3 is 15.0 Å². The number of nitrogens with one attached hydrogen (secondary N) is 1. The number of aromatic nitrogens is 3. The molecule has 0 saturated carbocycles. The van der Waals surface area contributed by atoms with Gasteiger partial charge in [-0.15, -0.1) is 0 Å². The molecule has 7 heteroatoms. The molecule has 6 nitrogen and oxygen atoms in total. The van der Waals surface area contributed by atoms with E-state index in [0.717, 1.165) is 35.5 Å². The summed E-state index contributed by atoms with van der Waals surface area (Å²) in [6.07, 6.45) is 5.53. The van der Waals surface area contributed by atoms with Crippen LogP contribution >= 0.6 is 0 Å². The number of nitrogens with zero attached hydrogens (tertiary/aromatic N) is 4. The number of morpholine rings is 1.